The van der Waals surface area contributed by atoms with Gasteiger partial charge in [-0.3, -0.25) is 4.90 Å². The van der Waals surface area contributed by atoms with Crippen LogP contribution in [0.2, 0.25) is 0 Å². The molecule has 0 aliphatic heterocycles. The Kier molecular flexibility index (Phi) is 4.56. The molecule has 0 atom stereocenters. The van der Waals surface area contributed by atoms with Crippen molar-refractivity contribution in [1.29, 1.82) is 0 Å². The van der Waals surface area contributed by atoms with E-state index in [0.717, 1.165) is 34.4 Å². The standard InChI is InChI=1S/C15H16BrFN2/c1-19(9-11-5-7-12(17)8-6-11)10-13-14(16)3-2-4-15(13)18/h2-8H,9-10,18H2,1H3. The summed E-state index contributed by atoms with van der Waals surface area (Å²) in [5.74, 6) is -0.207. The molecule has 0 aromatic heterocycles. The van der Waals surface area contributed by atoms with Crippen LogP contribution >= 0.6 is 15.9 Å². The molecule has 0 aliphatic carbocycles. The van der Waals surface area contributed by atoms with Gasteiger partial charge < -0.3 is 5.73 Å². The van der Waals surface area contributed by atoms with Crippen LogP contribution in [0.15, 0.2) is 46.9 Å². The Morgan fingerprint density at radius 2 is 1.79 bits per heavy atom. The van der Waals surface area contributed by atoms with E-state index >= 15 is 0 Å². The molecule has 4 heteroatoms. The van der Waals surface area contributed by atoms with Crippen LogP contribution in [0.3, 0.4) is 0 Å². The summed E-state index contributed by atoms with van der Waals surface area (Å²) in [6.45, 7) is 1.49. The highest BCUT2D eigenvalue weighted by atomic mass is 79.9. The van der Waals surface area contributed by atoms with Gasteiger partial charge in [-0.2, -0.15) is 0 Å². The zero-order valence-electron chi connectivity index (χ0n) is 10.7. The van der Waals surface area contributed by atoms with Gasteiger partial charge in [0.25, 0.3) is 0 Å². The first kappa shape index (κ1) is 14.0. The number of nitrogens with two attached hydrogens (primary N) is 1. The lowest BCUT2D eigenvalue weighted by Crippen LogP contribution is -2.18. The second-order valence-electron chi connectivity index (χ2n) is 4.61. The highest BCUT2D eigenvalue weighted by molar-refractivity contribution is 9.10. The summed E-state index contributed by atoms with van der Waals surface area (Å²) in [5.41, 5.74) is 8.91. The highest BCUT2D eigenvalue weighted by Gasteiger charge is 2.08. The number of rotatable bonds is 4. The minimum Gasteiger partial charge on any atom is -0.398 e. The van der Waals surface area contributed by atoms with Crippen LogP contribution in [0.1, 0.15) is 11.1 Å². The third-order valence-corrected chi connectivity index (χ3v) is 3.69. The van der Waals surface area contributed by atoms with Gasteiger partial charge in [-0.25, -0.2) is 4.39 Å². The SMILES string of the molecule is CN(Cc1ccc(F)cc1)Cc1c(N)cccc1Br. The average molecular weight is 323 g/mol. The first-order valence-corrected chi connectivity index (χ1v) is 6.81. The molecule has 2 rings (SSSR count). The number of nitrogen functional groups attached to an aromatic ring is 1. The Morgan fingerprint density at radius 1 is 1.11 bits per heavy atom. The van der Waals surface area contributed by atoms with Crippen molar-refractivity contribution in [2.24, 2.45) is 0 Å². The fraction of sp³-hybridized carbons (Fsp3) is 0.200. The van der Waals surface area contributed by atoms with Crippen LogP contribution in [-0.4, -0.2) is 11.9 Å². The Bertz CT molecular complexity index is 534. The molecule has 100 valence electrons. The van der Waals surface area contributed by atoms with Crippen molar-refractivity contribution in [1.82, 2.24) is 4.90 Å². The largest absolute Gasteiger partial charge is 0.398 e. The van der Waals surface area contributed by atoms with Crippen molar-refractivity contribution in [3.63, 3.8) is 0 Å². The van der Waals surface area contributed by atoms with Gasteiger partial charge in [-0.05, 0) is 36.9 Å². The maximum absolute atomic E-state index is 12.8. The molecule has 0 saturated carbocycles. The molecule has 0 spiro atoms. The van der Waals surface area contributed by atoms with Gasteiger partial charge in [0.2, 0.25) is 0 Å². The molecule has 2 N–H and O–H groups in total. The molecule has 2 aromatic rings. The topological polar surface area (TPSA) is 29.3 Å². The normalized spacial score (nSPS) is 10.9. The summed E-state index contributed by atoms with van der Waals surface area (Å²) in [4.78, 5) is 2.14. The molecular formula is C15H16BrFN2. The molecule has 0 aliphatic rings. The zero-order chi connectivity index (χ0) is 13.8. The van der Waals surface area contributed by atoms with Crippen molar-refractivity contribution >= 4 is 21.6 Å². The lowest BCUT2D eigenvalue weighted by atomic mass is 10.1. The van der Waals surface area contributed by atoms with E-state index in [9.17, 15) is 4.39 Å². The van der Waals surface area contributed by atoms with Crippen LogP contribution in [-0.2, 0) is 13.1 Å². The summed E-state index contributed by atoms with van der Waals surface area (Å²) >= 11 is 3.51. The fourth-order valence-corrected chi connectivity index (χ4v) is 2.48. The predicted molar refractivity (Wildman–Crippen MR) is 80.1 cm³/mol. The van der Waals surface area contributed by atoms with Crippen LogP contribution in [0, 0.1) is 5.82 Å². The van der Waals surface area contributed by atoms with E-state index in [1.165, 1.54) is 12.1 Å². The molecule has 0 heterocycles. The Balaban J connectivity index is 2.05. The fourth-order valence-electron chi connectivity index (χ4n) is 1.97. The Morgan fingerprint density at radius 3 is 2.42 bits per heavy atom. The van der Waals surface area contributed by atoms with E-state index in [1.807, 2.05) is 25.2 Å². The van der Waals surface area contributed by atoms with Gasteiger partial charge in [0.1, 0.15) is 5.82 Å². The molecule has 0 saturated heterocycles. The first-order valence-electron chi connectivity index (χ1n) is 6.02. The Hall–Kier alpha value is -1.39. The van der Waals surface area contributed by atoms with E-state index < -0.39 is 0 Å². The number of hydrogen-bond donors (Lipinski definition) is 1. The summed E-state index contributed by atoms with van der Waals surface area (Å²) in [6, 6.07) is 12.4. The molecule has 19 heavy (non-hydrogen) atoms. The first-order chi connectivity index (χ1) is 9.06. The summed E-state index contributed by atoms with van der Waals surface area (Å²) < 4.78 is 13.9. The van der Waals surface area contributed by atoms with Crippen LogP contribution < -0.4 is 5.73 Å². The zero-order valence-corrected chi connectivity index (χ0v) is 12.3. The van der Waals surface area contributed by atoms with Gasteiger partial charge in [0.15, 0.2) is 0 Å². The second-order valence-corrected chi connectivity index (χ2v) is 5.46. The average Bonchev–Trinajstić information content (AvgIpc) is 2.37. The smallest absolute Gasteiger partial charge is 0.123 e. The Labute approximate surface area is 121 Å². The molecular weight excluding hydrogens is 307 g/mol. The van der Waals surface area contributed by atoms with Crippen molar-refractivity contribution in [3.8, 4) is 0 Å². The van der Waals surface area contributed by atoms with Crippen molar-refractivity contribution in [2.45, 2.75) is 13.1 Å². The minimum absolute atomic E-state index is 0.207. The van der Waals surface area contributed by atoms with E-state index in [-0.39, 0.29) is 5.82 Å². The number of benzene rings is 2. The van der Waals surface area contributed by atoms with E-state index in [0.29, 0.717) is 0 Å². The molecule has 0 radical (unpaired) electrons. The maximum Gasteiger partial charge on any atom is 0.123 e. The summed E-state index contributed by atoms with van der Waals surface area (Å²) in [7, 11) is 2.02. The molecule has 0 bridgehead atoms. The third kappa shape index (κ3) is 3.78. The lowest BCUT2D eigenvalue weighted by Gasteiger charge is -2.19. The molecule has 0 fully saturated rings. The van der Waals surface area contributed by atoms with E-state index in [4.69, 9.17) is 5.73 Å². The van der Waals surface area contributed by atoms with E-state index in [1.54, 1.807) is 12.1 Å². The molecule has 2 aromatic carbocycles. The lowest BCUT2D eigenvalue weighted by molar-refractivity contribution is 0.319. The van der Waals surface area contributed by atoms with Gasteiger partial charge in [0.05, 0.1) is 0 Å². The third-order valence-electron chi connectivity index (χ3n) is 2.95. The van der Waals surface area contributed by atoms with Gasteiger partial charge in [-0.1, -0.05) is 34.1 Å². The minimum atomic E-state index is -0.207. The molecule has 2 nitrogen and oxygen atoms in total. The van der Waals surface area contributed by atoms with Gasteiger partial charge in [0, 0.05) is 28.8 Å². The summed E-state index contributed by atoms with van der Waals surface area (Å²) in [5, 5.41) is 0. The molecule has 0 amide bonds. The van der Waals surface area contributed by atoms with Crippen LogP contribution in [0.4, 0.5) is 10.1 Å². The van der Waals surface area contributed by atoms with Gasteiger partial charge in [-0.15, -0.1) is 0 Å². The quantitative estimate of drug-likeness (QED) is 0.867. The van der Waals surface area contributed by atoms with Crippen LogP contribution in [0.25, 0.3) is 0 Å². The second kappa shape index (κ2) is 6.17. The van der Waals surface area contributed by atoms with Crippen molar-refractivity contribution in [3.05, 3.63) is 63.9 Å². The number of hydrogen-bond acceptors (Lipinski definition) is 2. The monoisotopic (exact) mass is 322 g/mol. The molecule has 0 unspecified atom stereocenters. The van der Waals surface area contributed by atoms with Gasteiger partial charge >= 0.3 is 0 Å². The maximum atomic E-state index is 12.8. The number of nitrogens with zero attached hydrogens (tertiary/aromatic N) is 1. The highest BCUT2D eigenvalue weighted by Crippen LogP contribution is 2.24. The number of anilines is 1. The van der Waals surface area contributed by atoms with Crippen LogP contribution in [0.5, 0.6) is 0 Å². The predicted octanol–water partition coefficient (Wildman–Crippen LogP) is 3.80. The van der Waals surface area contributed by atoms with Crippen molar-refractivity contribution < 1.29 is 4.39 Å². The van der Waals surface area contributed by atoms with Crippen molar-refractivity contribution in [2.75, 3.05) is 12.8 Å². The van der Waals surface area contributed by atoms with E-state index in [2.05, 4.69) is 20.8 Å². The number of halogens is 2. The summed E-state index contributed by atoms with van der Waals surface area (Å²) in [6.07, 6.45) is 0.